The van der Waals surface area contributed by atoms with Crippen molar-refractivity contribution in [2.24, 2.45) is 0 Å². The van der Waals surface area contributed by atoms with Crippen LogP contribution in [0.25, 0.3) is 0 Å². The van der Waals surface area contributed by atoms with Gasteiger partial charge in [0.15, 0.2) is 0 Å². The Kier molecular flexibility index (Phi) is 5.38. The maximum atomic E-state index is 11.7. The third-order valence-electron chi connectivity index (χ3n) is 2.98. The van der Waals surface area contributed by atoms with E-state index >= 15 is 0 Å². The van der Waals surface area contributed by atoms with Gasteiger partial charge in [-0.3, -0.25) is 4.79 Å². The Morgan fingerprint density at radius 3 is 2.80 bits per heavy atom. The summed E-state index contributed by atoms with van der Waals surface area (Å²) in [6, 6.07) is 11.7. The first-order valence-corrected chi connectivity index (χ1v) is 7.23. The quantitative estimate of drug-likeness (QED) is 0.852. The number of amides is 1. The summed E-state index contributed by atoms with van der Waals surface area (Å²) >= 11 is 3.51. The molecule has 0 bridgehead atoms. The summed E-state index contributed by atoms with van der Waals surface area (Å²) in [6.07, 6.45) is 1.59. The minimum absolute atomic E-state index is 0.0553. The van der Waals surface area contributed by atoms with Gasteiger partial charge in [0.25, 0.3) is 0 Å². The summed E-state index contributed by atoms with van der Waals surface area (Å²) < 4.78 is 6.19. The molecular formula is C15H17BrN2O2. The normalized spacial score (nSPS) is 12.1. The number of nitrogens with one attached hydrogen (secondary N) is 2. The fraction of sp³-hybridized carbons (Fsp3) is 0.267. The summed E-state index contributed by atoms with van der Waals surface area (Å²) in [5.74, 6) is 0.692. The summed E-state index contributed by atoms with van der Waals surface area (Å²) in [4.78, 5) is 11.7. The smallest absolute Gasteiger partial charge is 0.234 e. The molecule has 0 radical (unpaired) electrons. The van der Waals surface area contributed by atoms with Crippen molar-refractivity contribution in [1.29, 1.82) is 0 Å². The summed E-state index contributed by atoms with van der Waals surface area (Å²) in [5.41, 5.74) is 1.13. The molecule has 0 aliphatic heterocycles. The third-order valence-corrected chi connectivity index (χ3v) is 3.70. The van der Waals surface area contributed by atoms with Crippen LogP contribution >= 0.6 is 15.9 Å². The Balaban J connectivity index is 1.77. The van der Waals surface area contributed by atoms with Gasteiger partial charge >= 0.3 is 0 Å². The first-order chi connectivity index (χ1) is 9.66. The summed E-state index contributed by atoms with van der Waals surface area (Å²) in [7, 11) is 0. The van der Waals surface area contributed by atoms with E-state index in [0.29, 0.717) is 6.54 Å². The molecule has 5 heteroatoms. The first-order valence-electron chi connectivity index (χ1n) is 6.43. The molecule has 1 heterocycles. The van der Waals surface area contributed by atoms with Gasteiger partial charge in [0.2, 0.25) is 5.91 Å². The SMILES string of the molecule is C[C@H](NCC(=O)NCc1ccco1)c1ccccc1Br. The van der Waals surface area contributed by atoms with Crippen LogP contribution in [0.2, 0.25) is 0 Å². The molecule has 0 saturated heterocycles. The molecule has 1 atom stereocenters. The first kappa shape index (κ1) is 14.8. The van der Waals surface area contributed by atoms with Gasteiger partial charge < -0.3 is 15.1 Å². The molecule has 0 unspecified atom stereocenters. The molecule has 0 aliphatic carbocycles. The van der Waals surface area contributed by atoms with Gasteiger partial charge in [-0.1, -0.05) is 34.1 Å². The minimum Gasteiger partial charge on any atom is -0.467 e. The van der Waals surface area contributed by atoms with Gasteiger partial charge in [0, 0.05) is 10.5 Å². The second-order valence-electron chi connectivity index (χ2n) is 4.48. The highest BCUT2D eigenvalue weighted by molar-refractivity contribution is 9.10. The molecule has 106 valence electrons. The predicted octanol–water partition coefficient (Wildman–Crippen LogP) is 3.01. The third kappa shape index (κ3) is 4.21. The van der Waals surface area contributed by atoms with E-state index in [2.05, 4.69) is 26.6 Å². The number of benzene rings is 1. The van der Waals surface area contributed by atoms with Crippen LogP contribution in [0, 0.1) is 0 Å². The highest BCUT2D eigenvalue weighted by Crippen LogP contribution is 2.22. The van der Waals surface area contributed by atoms with E-state index in [9.17, 15) is 4.79 Å². The average molecular weight is 337 g/mol. The highest BCUT2D eigenvalue weighted by atomic mass is 79.9. The number of hydrogen-bond donors (Lipinski definition) is 2. The van der Waals surface area contributed by atoms with Crippen LogP contribution in [0.1, 0.15) is 24.3 Å². The van der Waals surface area contributed by atoms with Crippen molar-refractivity contribution in [3.63, 3.8) is 0 Å². The Labute approximate surface area is 126 Å². The van der Waals surface area contributed by atoms with Gasteiger partial charge in [-0.05, 0) is 30.7 Å². The molecule has 2 aromatic rings. The number of furan rings is 1. The zero-order chi connectivity index (χ0) is 14.4. The molecule has 0 fully saturated rings. The van der Waals surface area contributed by atoms with E-state index < -0.39 is 0 Å². The molecule has 20 heavy (non-hydrogen) atoms. The van der Waals surface area contributed by atoms with Crippen LogP contribution in [0.3, 0.4) is 0 Å². The molecule has 0 saturated carbocycles. The topological polar surface area (TPSA) is 54.3 Å². The predicted molar refractivity (Wildman–Crippen MR) is 81.1 cm³/mol. The van der Waals surface area contributed by atoms with Crippen molar-refractivity contribution in [2.45, 2.75) is 19.5 Å². The van der Waals surface area contributed by atoms with Crippen molar-refractivity contribution < 1.29 is 9.21 Å². The lowest BCUT2D eigenvalue weighted by Gasteiger charge is -2.15. The molecule has 1 aromatic heterocycles. The van der Waals surface area contributed by atoms with Gasteiger partial charge in [0.05, 0.1) is 19.4 Å². The Morgan fingerprint density at radius 2 is 2.10 bits per heavy atom. The number of halogens is 1. The van der Waals surface area contributed by atoms with Crippen LogP contribution in [0.15, 0.2) is 51.6 Å². The fourth-order valence-electron chi connectivity index (χ4n) is 1.84. The van der Waals surface area contributed by atoms with Gasteiger partial charge in [-0.15, -0.1) is 0 Å². The Morgan fingerprint density at radius 1 is 1.30 bits per heavy atom. The summed E-state index contributed by atoms with van der Waals surface area (Å²) in [6.45, 7) is 2.71. The van der Waals surface area contributed by atoms with Crippen molar-refractivity contribution in [1.82, 2.24) is 10.6 Å². The molecule has 1 amide bonds. The molecule has 0 spiro atoms. The number of carbonyl (C=O) groups is 1. The van der Waals surface area contributed by atoms with E-state index in [0.717, 1.165) is 15.8 Å². The van der Waals surface area contributed by atoms with Crippen LogP contribution in [-0.2, 0) is 11.3 Å². The highest BCUT2D eigenvalue weighted by Gasteiger charge is 2.10. The average Bonchev–Trinajstić information content (AvgIpc) is 2.96. The standard InChI is InChI=1S/C15H17BrN2O2/c1-11(13-6-2-3-7-14(13)16)17-10-15(19)18-9-12-5-4-8-20-12/h2-8,11,17H,9-10H2,1H3,(H,18,19)/t11-/m0/s1. The lowest BCUT2D eigenvalue weighted by molar-refractivity contribution is -0.120. The number of carbonyl (C=O) groups excluding carboxylic acids is 1. The largest absolute Gasteiger partial charge is 0.467 e. The van der Waals surface area contributed by atoms with Gasteiger partial charge in [-0.2, -0.15) is 0 Å². The molecule has 4 nitrogen and oxygen atoms in total. The summed E-state index contributed by atoms with van der Waals surface area (Å²) in [5, 5.41) is 6.00. The van der Waals surface area contributed by atoms with E-state index in [1.165, 1.54) is 0 Å². The minimum atomic E-state index is -0.0553. The maximum Gasteiger partial charge on any atom is 0.234 e. The van der Waals surface area contributed by atoms with Crippen molar-refractivity contribution in [3.05, 3.63) is 58.5 Å². The van der Waals surface area contributed by atoms with Crippen molar-refractivity contribution in [3.8, 4) is 0 Å². The molecular weight excluding hydrogens is 320 g/mol. The molecule has 1 aromatic carbocycles. The molecule has 0 aliphatic rings. The van der Waals surface area contributed by atoms with E-state index in [4.69, 9.17) is 4.42 Å². The lowest BCUT2D eigenvalue weighted by Crippen LogP contribution is -2.34. The van der Waals surface area contributed by atoms with Crippen LogP contribution in [0.5, 0.6) is 0 Å². The number of hydrogen-bond acceptors (Lipinski definition) is 3. The Bertz CT molecular complexity index is 555. The number of rotatable bonds is 6. The van der Waals surface area contributed by atoms with Crippen LogP contribution in [0.4, 0.5) is 0 Å². The van der Waals surface area contributed by atoms with Gasteiger partial charge in [0.1, 0.15) is 5.76 Å². The fourth-order valence-corrected chi connectivity index (χ4v) is 2.47. The second-order valence-corrected chi connectivity index (χ2v) is 5.33. The molecule has 2 rings (SSSR count). The zero-order valence-corrected chi connectivity index (χ0v) is 12.8. The van der Waals surface area contributed by atoms with E-state index in [1.54, 1.807) is 12.3 Å². The van der Waals surface area contributed by atoms with Crippen molar-refractivity contribution >= 4 is 21.8 Å². The lowest BCUT2D eigenvalue weighted by atomic mass is 10.1. The van der Waals surface area contributed by atoms with Crippen LogP contribution < -0.4 is 10.6 Å². The Hall–Kier alpha value is -1.59. The maximum absolute atomic E-state index is 11.7. The van der Waals surface area contributed by atoms with Crippen molar-refractivity contribution in [2.75, 3.05) is 6.54 Å². The second kappa shape index (κ2) is 7.26. The van der Waals surface area contributed by atoms with E-state index in [1.807, 2.05) is 37.3 Å². The monoisotopic (exact) mass is 336 g/mol. The zero-order valence-electron chi connectivity index (χ0n) is 11.2. The molecule has 2 N–H and O–H groups in total. The van der Waals surface area contributed by atoms with Crippen LogP contribution in [-0.4, -0.2) is 12.5 Å². The van der Waals surface area contributed by atoms with E-state index in [-0.39, 0.29) is 18.5 Å². The van der Waals surface area contributed by atoms with Gasteiger partial charge in [-0.25, -0.2) is 0 Å².